The van der Waals surface area contributed by atoms with Crippen molar-refractivity contribution < 1.29 is 19.1 Å². The molecule has 2 heterocycles. The van der Waals surface area contributed by atoms with Crippen molar-refractivity contribution >= 4 is 22.7 Å². The molecule has 0 aliphatic carbocycles. The third kappa shape index (κ3) is 5.69. The molecular weight excluding hydrogens is 438 g/mol. The lowest BCUT2D eigenvalue weighted by Gasteiger charge is -2.23. The molecule has 0 aliphatic heterocycles. The minimum atomic E-state index is -0.755. The highest BCUT2D eigenvalue weighted by molar-refractivity contribution is 5.88. The molecule has 0 spiro atoms. The normalized spacial score (nSPS) is 12.6. The molecule has 1 aromatic carbocycles. The second-order valence-electron chi connectivity index (χ2n) is 7.87. The van der Waals surface area contributed by atoms with Gasteiger partial charge in [0.15, 0.2) is 11.5 Å². The lowest BCUT2D eigenvalue weighted by atomic mass is 9.98. The predicted octanol–water partition coefficient (Wildman–Crippen LogP) is 1.66. The number of carbonyl (C=O) groups excluding carboxylic acids is 2. The van der Waals surface area contributed by atoms with Gasteiger partial charge in [-0.2, -0.15) is 0 Å². The minimum absolute atomic E-state index is 0.115. The van der Waals surface area contributed by atoms with Crippen molar-refractivity contribution in [3.05, 3.63) is 58.9 Å². The summed E-state index contributed by atoms with van der Waals surface area (Å²) in [5, 5.41) is 5.88. The lowest BCUT2D eigenvalue weighted by molar-refractivity contribution is -0.130. The highest BCUT2D eigenvalue weighted by atomic mass is 16.5. The van der Waals surface area contributed by atoms with Crippen molar-refractivity contribution in [3.63, 3.8) is 0 Å². The zero-order valence-corrected chi connectivity index (χ0v) is 19.7. The predicted molar refractivity (Wildman–Crippen MR) is 127 cm³/mol. The second kappa shape index (κ2) is 11.3. The van der Waals surface area contributed by atoms with E-state index >= 15 is 0 Å². The van der Waals surface area contributed by atoms with Crippen LogP contribution in [-0.4, -0.2) is 46.6 Å². The van der Waals surface area contributed by atoms with Crippen LogP contribution < -0.4 is 25.7 Å². The average molecular weight is 468 g/mol. The number of nitrogens with zero attached hydrogens (tertiary/aromatic N) is 3. The number of benzene rings is 1. The summed E-state index contributed by atoms with van der Waals surface area (Å²) in [7, 11) is 2.97. The Morgan fingerprint density at radius 2 is 1.85 bits per heavy atom. The molecule has 0 bridgehead atoms. The summed E-state index contributed by atoms with van der Waals surface area (Å²) < 4.78 is 11.7. The first-order valence-corrected chi connectivity index (χ1v) is 11.0. The Bertz CT molecular complexity index is 1210. The zero-order valence-electron chi connectivity index (χ0n) is 19.7. The van der Waals surface area contributed by atoms with E-state index in [4.69, 9.17) is 9.47 Å². The van der Waals surface area contributed by atoms with E-state index in [1.807, 2.05) is 19.9 Å². The van der Waals surface area contributed by atoms with Crippen LogP contribution in [0.2, 0.25) is 0 Å². The number of fused-ring (bicyclic) bond motifs is 1. The van der Waals surface area contributed by atoms with Crippen molar-refractivity contribution in [1.29, 1.82) is 0 Å². The van der Waals surface area contributed by atoms with E-state index < -0.39 is 17.5 Å². The number of ether oxygens (including phenoxy) is 2. The van der Waals surface area contributed by atoms with Crippen molar-refractivity contribution in [1.82, 2.24) is 25.2 Å². The molecule has 10 nitrogen and oxygen atoms in total. The van der Waals surface area contributed by atoms with Crippen LogP contribution in [0.5, 0.6) is 11.5 Å². The van der Waals surface area contributed by atoms with Gasteiger partial charge < -0.3 is 20.1 Å². The number of rotatable bonds is 10. The Balaban J connectivity index is 1.75. The quantitative estimate of drug-likeness (QED) is 0.465. The molecule has 3 aromatic rings. The Morgan fingerprint density at radius 3 is 2.50 bits per heavy atom. The van der Waals surface area contributed by atoms with Crippen molar-refractivity contribution in [3.8, 4) is 11.5 Å². The van der Waals surface area contributed by atoms with Crippen LogP contribution in [0.1, 0.15) is 26.0 Å². The van der Waals surface area contributed by atoms with Crippen LogP contribution in [0, 0.1) is 5.92 Å². The van der Waals surface area contributed by atoms with Gasteiger partial charge in [0, 0.05) is 12.3 Å². The number of pyridine rings is 1. The number of amides is 2. The van der Waals surface area contributed by atoms with E-state index in [2.05, 4.69) is 20.6 Å². The number of nitrogens with one attached hydrogen (secondary N) is 2. The highest BCUT2D eigenvalue weighted by Crippen LogP contribution is 2.29. The molecule has 0 saturated heterocycles. The van der Waals surface area contributed by atoms with Crippen LogP contribution in [0.25, 0.3) is 10.9 Å². The molecule has 2 atom stereocenters. The molecule has 0 fully saturated rings. The van der Waals surface area contributed by atoms with Crippen LogP contribution in [0.15, 0.2) is 47.7 Å². The summed E-state index contributed by atoms with van der Waals surface area (Å²) in [5.41, 5.74) is 0.734. The monoisotopic (exact) mass is 467 g/mol. The molecule has 34 heavy (non-hydrogen) atoms. The number of hydrogen-bond acceptors (Lipinski definition) is 7. The van der Waals surface area contributed by atoms with E-state index in [-0.39, 0.29) is 24.9 Å². The average Bonchev–Trinajstić information content (AvgIpc) is 2.87. The number of methoxy groups -OCH3 is 2. The molecule has 2 aromatic heterocycles. The standard InChI is InChI=1S/C24H29N5O5/c1-5-15(2)22(23(31)26-12-16-8-6-7-9-25-16)28-21(30)13-29-14-27-18-11-20(34-4)19(33-3)10-17(18)24(29)32/h6-11,14-15,22H,5,12-13H2,1-4H3,(H,26,31)(H,28,30)/t15-,22+/m1/s1. The zero-order chi connectivity index (χ0) is 24.7. The van der Waals surface area contributed by atoms with Crippen LogP contribution in [0.4, 0.5) is 0 Å². The number of carbonyl (C=O) groups is 2. The molecule has 0 radical (unpaired) electrons. The highest BCUT2D eigenvalue weighted by Gasteiger charge is 2.26. The topological polar surface area (TPSA) is 124 Å². The fourth-order valence-corrected chi connectivity index (χ4v) is 3.46. The van der Waals surface area contributed by atoms with Gasteiger partial charge in [0.1, 0.15) is 12.6 Å². The number of aromatic nitrogens is 3. The van der Waals surface area contributed by atoms with E-state index in [0.29, 0.717) is 34.5 Å². The maximum Gasteiger partial charge on any atom is 0.261 e. The minimum Gasteiger partial charge on any atom is -0.493 e. The largest absolute Gasteiger partial charge is 0.493 e. The smallest absolute Gasteiger partial charge is 0.261 e. The van der Waals surface area contributed by atoms with Crippen LogP contribution in [-0.2, 0) is 22.7 Å². The van der Waals surface area contributed by atoms with Crippen molar-refractivity contribution in [2.24, 2.45) is 5.92 Å². The molecule has 10 heteroatoms. The van der Waals surface area contributed by atoms with Gasteiger partial charge in [0.05, 0.1) is 43.7 Å². The van der Waals surface area contributed by atoms with Gasteiger partial charge in [-0.15, -0.1) is 0 Å². The van der Waals surface area contributed by atoms with Gasteiger partial charge in [-0.3, -0.25) is 23.9 Å². The van der Waals surface area contributed by atoms with Gasteiger partial charge in [-0.1, -0.05) is 26.3 Å². The van der Waals surface area contributed by atoms with Gasteiger partial charge >= 0.3 is 0 Å². The molecule has 3 rings (SSSR count). The molecule has 0 saturated carbocycles. The summed E-state index contributed by atoms with van der Waals surface area (Å²) in [5.74, 6) is -0.0601. The maximum absolute atomic E-state index is 13.0. The van der Waals surface area contributed by atoms with E-state index in [1.54, 1.807) is 24.4 Å². The van der Waals surface area contributed by atoms with E-state index in [1.165, 1.54) is 31.2 Å². The summed E-state index contributed by atoms with van der Waals surface area (Å²) in [6.45, 7) is 3.79. The maximum atomic E-state index is 13.0. The van der Waals surface area contributed by atoms with Gasteiger partial charge in [-0.25, -0.2) is 4.98 Å². The summed E-state index contributed by atoms with van der Waals surface area (Å²) in [4.78, 5) is 47.0. The van der Waals surface area contributed by atoms with Crippen molar-refractivity contribution in [2.75, 3.05) is 14.2 Å². The SMILES string of the molecule is CC[C@@H](C)[C@H](NC(=O)Cn1cnc2cc(OC)c(OC)cc2c1=O)C(=O)NCc1ccccn1. The Kier molecular flexibility index (Phi) is 8.18. The third-order valence-corrected chi connectivity index (χ3v) is 5.63. The van der Waals surface area contributed by atoms with Crippen molar-refractivity contribution in [2.45, 2.75) is 39.4 Å². The summed E-state index contributed by atoms with van der Waals surface area (Å²) in [6, 6.07) is 7.82. The first kappa shape index (κ1) is 24.7. The first-order chi connectivity index (χ1) is 16.4. The first-order valence-electron chi connectivity index (χ1n) is 11.0. The second-order valence-corrected chi connectivity index (χ2v) is 7.87. The lowest BCUT2D eigenvalue weighted by Crippen LogP contribution is -2.51. The fraction of sp³-hybridized carbons (Fsp3) is 0.375. The summed E-state index contributed by atoms with van der Waals surface area (Å²) in [6.07, 6.45) is 3.63. The summed E-state index contributed by atoms with van der Waals surface area (Å²) >= 11 is 0. The van der Waals surface area contributed by atoms with Crippen LogP contribution in [0.3, 0.4) is 0 Å². The molecule has 0 aliphatic rings. The molecular formula is C24H29N5O5. The molecule has 2 N–H and O–H groups in total. The molecule has 0 unspecified atom stereocenters. The Labute approximate surface area is 197 Å². The van der Waals surface area contributed by atoms with Crippen LogP contribution >= 0.6 is 0 Å². The Hall–Kier alpha value is -3.95. The van der Waals surface area contributed by atoms with Gasteiger partial charge in [0.2, 0.25) is 11.8 Å². The fourth-order valence-electron chi connectivity index (χ4n) is 3.46. The van der Waals surface area contributed by atoms with Gasteiger partial charge in [-0.05, 0) is 24.1 Å². The number of hydrogen-bond donors (Lipinski definition) is 2. The Morgan fingerprint density at radius 1 is 1.12 bits per heavy atom. The van der Waals surface area contributed by atoms with Gasteiger partial charge in [0.25, 0.3) is 5.56 Å². The van der Waals surface area contributed by atoms with E-state index in [0.717, 1.165) is 0 Å². The van der Waals surface area contributed by atoms with E-state index in [9.17, 15) is 14.4 Å². The molecule has 180 valence electrons. The third-order valence-electron chi connectivity index (χ3n) is 5.63. The molecule has 2 amide bonds.